The van der Waals surface area contributed by atoms with E-state index in [-0.39, 0.29) is 11.7 Å². The maximum atomic E-state index is 12.2. The number of phenols is 1. The van der Waals surface area contributed by atoms with Gasteiger partial charge in [0.15, 0.2) is 11.5 Å². The van der Waals surface area contributed by atoms with Crippen LogP contribution >= 0.6 is 0 Å². The van der Waals surface area contributed by atoms with Crippen LogP contribution < -0.4 is 10.1 Å². The van der Waals surface area contributed by atoms with Crippen molar-refractivity contribution in [3.8, 4) is 11.5 Å². The highest BCUT2D eigenvalue weighted by atomic mass is 16.5. The lowest BCUT2D eigenvalue weighted by molar-refractivity contribution is -0.132. The van der Waals surface area contributed by atoms with E-state index in [9.17, 15) is 9.90 Å². The Morgan fingerprint density at radius 2 is 2.14 bits per heavy atom. The minimum atomic E-state index is 0.122. The van der Waals surface area contributed by atoms with Gasteiger partial charge in [-0.05, 0) is 24.7 Å². The lowest BCUT2D eigenvalue weighted by Crippen LogP contribution is -2.49. The van der Waals surface area contributed by atoms with Gasteiger partial charge in [0.25, 0.3) is 0 Å². The van der Waals surface area contributed by atoms with Gasteiger partial charge in [-0.15, -0.1) is 0 Å². The summed E-state index contributed by atoms with van der Waals surface area (Å²) in [7, 11) is 3.42. The third kappa shape index (κ3) is 4.34. The average Bonchev–Trinajstić information content (AvgIpc) is 2.48. The average molecular weight is 293 g/mol. The molecule has 2 N–H and O–H groups in total. The molecule has 6 heteroatoms. The number of benzene rings is 1. The third-order valence-corrected chi connectivity index (χ3v) is 3.57. The first-order valence-corrected chi connectivity index (χ1v) is 7.13. The third-order valence-electron chi connectivity index (χ3n) is 3.57. The van der Waals surface area contributed by atoms with E-state index in [2.05, 4.69) is 5.32 Å². The molecule has 21 heavy (non-hydrogen) atoms. The van der Waals surface area contributed by atoms with Gasteiger partial charge in [0.1, 0.15) is 0 Å². The number of hydrogen-bond donors (Lipinski definition) is 2. The van der Waals surface area contributed by atoms with Gasteiger partial charge in [0, 0.05) is 32.7 Å². The second-order valence-corrected chi connectivity index (χ2v) is 5.31. The molecule has 2 rings (SSSR count). The Kier molecular flexibility index (Phi) is 5.41. The zero-order valence-corrected chi connectivity index (χ0v) is 12.6. The number of carbonyl (C=O) groups excluding carboxylic acids is 1. The molecule has 1 saturated heterocycles. The van der Waals surface area contributed by atoms with E-state index in [0.717, 1.165) is 31.7 Å². The molecule has 0 aromatic heterocycles. The molecule has 1 aromatic rings. The predicted octanol–water partition coefficient (Wildman–Crippen LogP) is 0.264. The Morgan fingerprint density at radius 1 is 1.43 bits per heavy atom. The van der Waals surface area contributed by atoms with Crippen LogP contribution in [0.15, 0.2) is 18.2 Å². The molecule has 116 valence electrons. The van der Waals surface area contributed by atoms with Gasteiger partial charge in [-0.25, -0.2) is 0 Å². The minimum Gasteiger partial charge on any atom is -0.504 e. The predicted molar refractivity (Wildman–Crippen MR) is 80.4 cm³/mol. The van der Waals surface area contributed by atoms with E-state index < -0.39 is 0 Å². The monoisotopic (exact) mass is 293 g/mol. The summed E-state index contributed by atoms with van der Waals surface area (Å²) < 4.78 is 5.02. The molecule has 0 aliphatic carbocycles. The van der Waals surface area contributed by atoms with Crippen molar-refractivity contribution in [2.24, 2.45) is 0 Å². The summed E-state index contributed by atoms with van der Waals surface area (Å²) in [6, 6.07) is 5.30. The molecular formula is C15H23N3O3. The van der Waals surface area contributed by atoms with Crippen molar-refractivity contribution in [2.75, 3.05) is 46.9 Å². The summed E-state index contributed by atoms with van der Waals surface area (Å²) in [5.74, 6) is 0.729. The standard InChI is InChI=1S/C15H23N3O3/c1-17(11-15(20)18-7-5-16-6-8-18)10-12-3-4-14(21-2)13(19)9-12/h3-4,9,16,19H,5-8,10-11H2,1-2H3. The van der Waals surface area contributed by atoms with Crippen molar-refractivity contribution in [3.63, 3.8) is 0 Å². The number of hydrogen-bond acceptors (Lipinski definition) is 5. The van der Waals surface area contributed by atoms with E-state index in [0.29, 0.717) is 18.8 Å². The molecule has 6 nitrogen and oxygen atoms in total. The Hall–Kier alpha value is -1.79. The van der Waals surface area contributed by atoms with E-state index in [1.165, 1.54) is 7.11 Å². The summed E-state index contributed by atoms with van der Waals surface area (Å²) in [5, 5.41) is 13.0. The smallest absolute Gasteiger partial charge is 0.236 e. The van der Waals surface area contributed by atoms with E-state index in [4.69, 9.17) is 4.74 Å². The van der Waals surface area contributed by atoms with Crippen molar-refractivity contribution in [1.82, 2.24) is 15.1 Å². The van der Waals surface area contributed by atoms with Crippen LogP contribution in [0, 0.1) is 0 Å². The van der Waals surface area contributed by atoms with Crippen molar-refractivity contribution in [3.05, 3.63) is 23.8 Å². The van der Waals surface area contributed by atoms with Gasteiger partial charge in [0.2, 0.25) is 5.91 Å². The number of phenolic OH excluding ortho intramolecular Hbond substituents is 1. The normalized spacial score (nSPS) is 15.3. The number of aromatic hydroxyl groups is 1. The summed E-state index contributed by atoms with van der Waals surface area (Å²) in [6.07, 6.45) is 0. The molecule has 1 fully saturated rings. The van der Waals surface area contributed by atoms with Crippen LogP contribution in [0.2, 0.25) is 0 Å². The Labute approximate surface area is 125 Å². The number of ether oxygens (including phenoxy) is 1. The van der Waals surface area contributed by atoms with E-state index in [1.54, 1.807) is 12.1 Å². The number of methoxy groups -OCH3 is 1. The van der Waals surface area contributed by atoms with Crippen molar-refractivity contribution in [1.29, 1.82) is 0 Å². The van der Waals surface area contributed by atoms with Crippen molar-refractivity contribution >= 4 is 5.91 Å². The minimum absolute atomic E-state index is 0.122. The summed E-state index contributed by atoms with van der Waals surface area (Å²) >= 11 is 0. The second-order valence-electron chi connectivity index (χ2n) is 5.31. The molecule has 1 amide bonds. The van der Waals surface area contributed by atoms with Crippen LogP contribution in [-0.2, 0) is 11.3 Å². The molecule has 1 aliphatic heterocycles. The Morgan fingerprint density at radius 3 is 2.76 bits per heavy atom. The summed E-state index contributed by atoms with van der Waals surface area (Å²) in [5.41, 5.74) is 0.948. The molecule has 0 atom stereocenters. The van der Waals surface area contributed by atoms with Gasteiger partial charge >= 0.3 is 0 Å². The maximum absolute atomic E-state index is 12.2. The molecule has 1 aromatic carbocycles. The lowest BCUT2D eigenvalue weighted by atomic mass is 10.2. The Bertz CT molecular complexity index is 487. The van der Waals surface area contributed by atoms with Crippen LogP contribution in [0.5, 0.6) is 11.5 Å². The van der Waals surface area contributed by atoms with E-state index >= 15 is 0 Å². The van der Waals surface area contributed by atoms with Crippen LogP contribution in [0.3, 0.4) is 0 Å². The first kappa shape index (κ1) is 15.6. The highest BCUT2D eigenvalue weighted by Gasteiger charge is 2.17. The molecule has 0 saturated carbocycles. The molecule has 0 unspecified atom stereocenters. The van der Waals surface area contributed by atoms with Crippen LogP contribution in [0.25, 0.3) is 0 Å². The summed E-state index contributed by atoms with van der Waals surface area (Å²) in [4.78, 5) is 16.0. The van der Waals surface area contributed by atoms with Crippen LogP contribution in [0.1, 0.15) is 5.56 Å². The SMILES string of the molecule is COc1ccc(CN(C)CC(=O)N2CCNCC2)cc1O. The maximum Gasteiger partial charge on any atom is 0.236 e. The first-order chi connectivity index (χ1) is 10.1. The topological polar surface area (TPSA) is 65.0 Å². The Balaban J connectivity index is 1.87. The number of piperazine rings is 1. The molecule has 0 bridgehead atoms. The van der Waals surface area contributed by atoms with E-state index in [1.807, 2.05) is 22.9 Å². The first-order valence-electron chi connectivity index (χ1n) is 7.13. The van der Waals surface area contributed by atoms with Crippen molar-refractivity contribution < 1.29 is 14.6 Å². The fourth-order valence-electron chi connectivity index (χ4n) is 2.45. The number of likely N-dealkylation sites (N-methyl/N-ethyl adjacent to an activating group) is 1. The van der Waals surface area contributed by atoms with Crippen LogP contribution in [0.4, 0.5) is 0 Å². The highest BCUT2D eigenvalue weighted by molar-refractivity contribution is 5.78. The summed E-state index contributed by atoms with van der Waals surface area (Å²) in [6.45, 7) is 4.26. The van der Waals surface area contributed by atoms with Gasteiger partial charge in [-0.3, -0.25) is 9.69 Å². The number of amides is 1. The van der Waals surface area contributed by atoms with Gasteiger partial charge < -0.3 is 20.1 Å². The second kappa shape index (κ2) is 7.28. The molecule has 1 heterocycles. The molecular weight excluding hydrogens is 270 g/mol. The highest BCUT2D eigenvalue weighted by Crippen LogP contribution is 2.26. The fourth-order valence-corrected chi connectivity index (χ4v) is 2.45. The van der Waals surface area contributed by atoms with Crippen molar-refractivity contribution in [2.45, 2.75) is 6.54 Å². The number of carbonyl (C=O) groups is 1. The van der Waals surface area contributed by atoms with Gasteiger partial charge in [-0.2, -0.15) is 0 Å². The molecule has 1 aliphatic rings. The van der Waals surface area contributed by atoms with Gasteiger partial charge in [-0.1, -0.05) is 6.07 Å². The fraction of sp³-hybridized carbons (Fsp3) is 0.533. The number of nitrogens with one attached hydrogen (secondary N) is 1. The number of nitrogens with zero attached hydrogens (tertiary/aromatic N) is 2. The van der Waals surface area contributed by atoms with Crippen LogP contribution in [-0.4, -0.2) is 67.7 Å². The quantitative estimate of drug-likeness (QED) is 0.815. The number of rotatable bonds is 5. The lowest BCUT2D eigenvalue weighted by Gasteiger charge is -2.29. The van der Waals surface area contributed by atoms with Gasteiger partial charge in [0.05, 0.1) is 13.7 Å². The molecule has 0 radical (unpaired) electrons. The zero-order valence-electron chi connectivity index (χ0n) is 12.6. The molecule has 0 spiro atoms. The zero-order chi connectivity index (χ0) is 15.2. The largest absolute Gasteiger partial charge is 0.504 e.